The minimum atomic E-state index is -0.292. The summed E-state index contributed by atoms with van der Waals surface area (Å²) in [6.07, 6.45) is 2.72. The highest BCUT2D eigenvalue weighted by atomic mass is 35.5. The van der Waals surface area contributed by atoms with Crippen molar-refractivity contribution in [2.75, 3.05) is 17.2 Å². The number of para-hydroxylation sites is 1. The van der Waals surface area contributed by atoms with E-state index in [0.29, 0.717) is 18.2 Å². The number of carbonyl (C=O) groups is 2. The molecule has 2 aromatic carbocycles. The predicted octanol–water partition coefficient (Wildman–Crippen LogP) is 4.07. The number of hydrogen-bond donors (Lipinski definition) is 4. The lowest BCUT2D eigenvalue weighted by atomic mass is 10.1. The molecule has 1 fully saturated rings. The molecule has 0 spiro atoms. The van der Waals surface area contributed by atoms with E-state index in [4.69, 9.17) is 0 Å². The number of anilines is 2. The van der Waals surface area contributed by atoms with Gasteiger partial charge in [-0.2, -0.15) is 0 Å². The molecular weight excluding hydrogens is 376 g/mol. The standard InChI is InChI=1S/C21H26N4O2.ClH/c1-15(23-20(26)14-19-8-5-13-22-19)16-9-11-18(12-10-16)25-21(27)24-17-6-3-2-4-7-17;/h2-4,6-7,9-12,15,19,22H,5,8,13-14H2,1H3,(H,23,26)(H2,24,25,27);1H. The predicted molar refractivity (Wildman–Crippen MR) is 115 cm³/mol. The minimum Gasteiger partial charge on any atom is -0.350 e. The van der Waals surface area contributed by atoms with E-state index >= 15 is 0 Å². The van der Waals surface area contributed by atoms with Crippen LogP contribution >= 0.6 is 12.4 Å². The molecule has 7 heteroatoms. The van der Waals surface area contributed by atoms with Crippen LogP contribution in [0, 0.1) is 0 Å². The Balaban J connectivity index is 0.00000280. The van der Waals surface area contributed by atoms with E-state index in [9.17, 15) is 9.59 Å². The lowest BCUT2D eigenvalue weighted by molar-refractivity contribution is -0.122. The van der Waals surface area contributed by atoms with Gasteiger partial charge in [-0.1, -0.05) is 30.3 Å². The summed E-state index contributed by atoms with van der Waals surface area (Å²) in [4.78, 5) is 24.2. The normalized spacial score (nSPS) is 16.5. The van der Waals surface area contributed by atoms with Gasteiger partial charge in [-0.25, -0.2) is 4.79 Å². The summed E-state index contributed by atoms with van der Waals surface area (Å²) < 4.78 is 0. The van der Waals surface area contributed by atoms with Crippen molar-refractivity contribution in [3.05, 3.63) is 60.2 Å². The highest BCUT2D eigenvalue weighted by Crippen LogP contribution is 2.17. The summed E-state index contributed by atoms with van der Waals surface area (Å²) in [6.45, 7) is 2.96. The van der Waals surface area contributed by atoms with Crippen LogP contribution in [0.4, 0.5) is 16.2 Å². The van der Waals surface area contributed by atoms with Gasteiger partial charge in [0.2, 0.25) is 5.91 Å². The van der Waals surface area contributed by atoms with Gasteiger partial charge >= 0.3 is 6.03 Å². The summed E-state index contributed by atoms with van der Waals surface area (Å²) in [5.41, 5.74) is 2.43. The fourth-order valence-corrected chi connectivity index (χ4v) is 3.21. The van der Waals surface area contributed by atoms with Crippen LogP contribution < -0.4 is 21.3 Å². The van der Waals surface area contributed by atoms with Crippen LogP contribution in [-0.2, 0) is 4.79 Å². The molecule has 6 nitrogen and oxygen atoms in total. The molecule has 0 aliphatic carbocycles. The van der Waals surface area contributed by atoms with Crippen molar-refractivity contribution in [1.82, 2.24) is 10.6 Å². The third-order valence-corrected chi connectivity index (χ3v) is 4.67. The number of hydrogen-bond acceptors (Lipinski definition) is 3. The molecule has 1 aliphatic rings. The Hall–Kier alpha value is -2.57. The number of carbonyl (C=O) groups excluding carboxylic acids is 2. The molecule has 4 N–H and O–H groups in total. The number of rotatable bonds is 6. The Morgan fingerprint density at radius 3 is 2.29 bits per heavy atom. The average Bonchev–Trinajstić information content (AvgIpc) is 3.15. The lowest BCUT2D eigenvalue weighted by Gasteiger charge is -2.17. The van der Waals surface area contributed by atoms with E-state index in [1.54, 1.807) is 0 Å². The first-order valence-electron chi connectivity index (χ1n) is 9.36. The van der Waals surface area contributed by atoms with Crippen LogP contribution in [0.3, 0.4) is 0 Å². The minimum absolute atomic E-state index is 0. The molecule has 0 radical (unpaired) electrons. The summed E-state index contributed by atoms with van der Waals surface area (Å²) in [5, 5.41) is 11.9. The number of amides is 3. The van der Waals surface area contributed by atoms with Gasteiger partial charge in [0.25, 0.3) is 0 Å². The van der Waals surface area contributed by atoms with E-state index in [0.717, 1.165) is 30.6 Å². The van der Waals surface area contributed by atoms with Gasteiger partial charge in [0.1, 0.15) is 0 Å². The number of urea groups is 1. The van der Waals surface area contributed by atoms with Crippen LogP contribution in [0.25, 0.3) is 0 Å². The quantitative estimate of drug-likeness (QED) is 0.587. The summed E-state index contributed by atoms with van der Waals surface area (Å²) in [7, 11) is 0. The maximum absolute atomic E-state index is 12.2. The Morgan fingerprint density at radius 1 is 1.04 bits per heavy atom. The van der Waals surface area contributed by atoms with Gasteiger partial charge in [0, 0.05) is 23.8 Å². The first-order valence-corrected chi connectivity index (χ1v) is 9.36. The van der Waals surface area contributed by atoms with Gasteiger partial charge in [-0.05, 0) is 56.1 Å². The zero-order chi connectivity index (χ0) is 19.1. The number of nitrogens with one attached hydrogen (secondary N) is 4. The van der Waals surface area contributed by atoms with E-state index in [1.165, 1.54) is 0 Å². The number of benzene rings is 2. The Labute approximate surface area is 171 Å². The molecule has 1 heterocycles. The van der Waals surface area contributed by atoms with Crippen molar-refractivity contribution in [3.63, 3.8) is 0 Å². The summed E-state index contributed by atoms with van der Waals surface area (Å²) in [5.74, 6) is 0.0614. The third kappa shape index (κ3) is 6.55. The van der Waals surface area contributed by atoms with Gasteiger partial charge < -0.3 is 21.3 Å². The Bertz CT molecular complexity index is 762. The van der Waals surface area contributed by atoms with Gasteiger partial charge in [0.15, 0.2) is 0 Å². The topological polar surface area (TPSA) is 82.3 Å². The zero-order valence-electron chi connectivity index (χ0n) is 15.9. The Kier molecular flexibility index (Phi) is 8.29. The van der Waals surface area contributed by atoms with Crippen LogP contribution in [-0.4, -0.2) is 24.5 Å². The van der Waals surface area contributed by atoms with Gasteiger partial charge in [0.05, 0.1) is 6.04 Å². The first-order chi connectivity index (χ1) is 13.1. The fraction of sp³-hybridized carbons (Fsp3) is 0.333. The second kappa shape index (κ2) is 10.7. The maximum Gasteiger partial charge on any atom is 0.323 e. The second-order valence-electron chi connectivity index (χ2n) is 6.85. The Morgan fingerprint density at radius 2 is 1.68 bits per heavy atom. The summed E-state index contributed by atoms with van der Waals surface area (Å²) in [6, 6.07) is 16.7. The van der Waals surface area contributed by atoms with Crippen LogP contribution in [0.1, 0.15) is 37.8 Å². The highest BCUT2D eigenvalue weighted by Gasteiger charge is 2.19. The largest absolute Gasteiger partial charge is 0.350 e. The van der Waals surface area contributed by atoms with Crippen molar-refractivity contribution in [3.8, 4) is 0 Å². The third-order valence-electron chi connectivity index (χ3n) is 4.67. The van der Waals surface area contributed by atoms with Crippen LogP contribution in [0.2, 0.25) is 0 Å². The van der Waals surface area contributed by atoms with E-state index in [1.807, 2.05) is 61.5 Å². The number of halogens is 1. The van der Waals surface area contributed by atoms with E-state index in [2.05, 4.69) is 21.3 Å². The first kappa shape index (κ1) is 21.7. The highest BCUT2D eigenvalue weighted by molar-refractivity contribution is 5.99. The lowest BCUT2D eigenvalue weighted by Crippen LogP contribution is -2.33. The van der Waals surface area contributed by atoms with Crippen molar-refractivity contribution in [2.24, 2.45) is 0 Å². The average molecular weight is 403 g/mol. The molecule has 2 unspecified atom stereocenters. The summed E-state index contributed by atoms with van der Waals surface area (Å²) >= 11 is 0. The van der Waals surface area contributed by atoms with Crippen molar-refractivity contribution in [2.45, 2.75) is 38.3 Å². The molecule has 2 atom stereocenters. The zero-order valence-corrected chi connectivity index (χ0v) is 16.7. The molecule has 28 heavy (non-hydrogen) atoms. The maximum atomic E-state index is 12.2. The van der Waals surface area contributed by atoms with Gasteiger partial charge in [-0.3, -0.25) is 4.79 Å². The van der Waals surface area contributed by atoms with Crippen molar-refractivity contribution < 1.29 is 9.59 Å². The molecule has 3 amide bonds. The van der Waals surface area contributed by atoms with Crippen LogP contribution in [0.15, 0.2) is 54.6 Å². The van der Waals surface area contributed by atoms with E-state index < -0.39 is 0 Å². The van der Waals surface area contributed by atoms with Crippen molar-refractivity contribution >= 4 is 35.7 Å². The molecule has 0 bridgehead atoms. The molecule has 1 aliphatic heterocycles. The fourth-order valence-electron chi connectivity index (χ4n) is 3.21. The molecule has 0 aromatic heterocycles. The molecular formula is C21H27ClN4O2. The molecule has 2 aromatic rings. The monoisotopic (exact) mass is 402 g/mol. The smallest absolute Gasteiger partial charge is 0.323 e. The molecule has 3 rings (SSSR count). The molecule has 1 saturated heterocycles. The van der Waals surface area contributed by atoms with Crippen molar-refractivity contribution in [1.29, 1.82) is 0 Å². The second-order valence-corrected chi connectivity index (χ2v) is 6.85. The van der Waals surface area contributed by atoms with E-state index in [-0.39, 0.29) is 30.4 Å². The van der Waals surface area contributed by atoms with Crippen LogP contribution in [0.5, 0.6) is 0 Å². The molecule has 150 valence electrons. The van der Waals surface area contributed by atoms with Gasteiger partial charge in [-0.15, -0.1) is 12.4 Å². The molecule has 0 saturated carbocycles. The SMILES string of the molecule is CC(NC(=O)CC1CCCN1)c1ccc(NC(=O)Nc2ccccc2)cc1.Cl.